The first-order chi connectivity index (χ1) is 12.8. The molecule has 0 heterocycles. The van der Waals surface area contributed by atoms with Crippen LogP contribution in [-0.4, -0.2) is 25.0 Å². The van der Waals surface area contributed by atoms with Crippen molar-refractivity contribution in [1.29, 1.82) is 0 Å². The average Bonchev–Trinajstić information content (AvgIpc) is 2.62. The fourth-order valence-corrected chi connectivity index (χ4v) is 2.60. The van der Waals surface area contributed by atoms with Crippen molar-refractivity contribution in [2.24, 2.45) is 5.92 Å². The predicted octanol–water partition coefficient (Wildman–Crippen LogP) is 3.04. The second-order valence-electron chi connectivity index (χ2n) is 6.39. The molecule has 7 heteroatoms. The molecule has 0 bridgehead atoms. The molecule has 2 N–H and O–H groups in total. The van der Waals surface area contributed by atoms with Crippen LogP contribution in [0.15, 0.2) is 42.5 Å². The van der Waals surface area contributed by atoms with Gasteiger partial charge in [0, 0.05) is 12.6 Å². The summed E-state index contributed by atoms with van der Waals surface area (Å²) in [5.41, 5.74) is 0.602. The van der Waals surface area contributed by atoms with Crippen molar-refractivity contribution >= 4 is 11.8 Å². The van der Waals surface area contributed by atoms with E-state index in [1.54, 1.807) is 38.1 Å². The van der Waals surface area contributed by atoms with E-state index in [0.717, 1.165) is 18.2 Å². The summed E-state index contributed by atoms with van der Waals surface area (Å²) in [5.74, 6) is -2.13. The third kappa shape index (κ3) is 5.51. The monoisotopic (exact) mass is 376 g/mol. The van der Waals surface area contributed by atoms with E-state index >= 15 is 0 Å². The molecule has 0 aliphatic rings. The van der Waals surface area contributed by atoms with Gasteiger partial charge in [-0.15, -0.1) is 0 Å². The summed E-state index contributed by atoms with van der Waals surface area (Å²) in [5, 5.41) is 5.29. The largest absolute Gasteiger partial charge is 0.496 e. The molecule has 5 nitrogen and oxygen atoms in total. The van der Waals surface area contributed by atoms with Gasteiger partial charge >= 0.3 is 0 Å². The summed E-state index contributed by atoms with van der Waals surface area (Å²) in [7, 11) is 1.46. The van der Waals surface area contributed by atoms with Gasteiger partial charge in [-0.2, -0.15) is 0 Å². The number of nitrogens with one attached hydrogen (secondary N) is 2. The van der Waals surface area contributed by atoms with Gasteiger partial charge in [0.25, 0.3) is 5.91 Å². The van der Waals surface area contributed by atoms with Crippen molar-refractivity contribution in [1.82, 2.24) is 10.6 Å². The van der Waals surface area contributed by atoms with Crippen LogP contribution in [0.3, 0.4) is 0 Å². The van der Waals surface area contributed by atoms with Crippen LogP contribution in [0.5, 0.6) is 5.75 Å². The summed E-state index contributed by atoms with van der Waals surface area (Å²) in [6, 6.07) is 8.90. The van der Waals surface area contributed by atoms with Gasteiger partial charge in [0.2, 0.25) is 5.91 Å². The first-order valence-corrected chi connectivity index (χ1v) is 8.48. The zero-order valence-electron chi connectivity index (χ0n) is 15.4. The molecule has 0 saturated carbocycles. The lowest BCUT2D eigenvalue weighted by Gasteiger charge is -2.22. The summed E-state index contributed by atoms with van der Waals surface area (Å²) < 4.78 is 31.7. The van der Waals surface area contributed by atoms with Gasteiger partial charge in [0.05, 0.1) is 12.7 Å². The molecule has 0 fully saturated rings. The minimum Gasteiger partial charge on any atom is -0.496 e. The van der Waals surface area contributed by atoms with Crippen molar-refractivity contribution in [3.8, 4) is 5.75 Å². The first kappa shape index (κ1) is 20.4. The predicted molar refractivity (Wildman–Crippen MR) is 97.3 cm³/mol. The Morgan fingerprint density at radius 3 is 2.30 bits per heavy atom. The number of hydrogen-bond donors (Lipinski definition) is 2. The third-order valence-corrected chi connectivity index (χ3v) is 3.98. The molecular weight excluding hydrogens is 354 g/mol. The molecule has 2 rings (SSSR count). The van der Waals surface area contributed by atoms with Gasteiger partial charge in [-0.1, -0.05) is 26.0 Å². The number of halogens is 2. The Bertz CT molecular complexity index is 804. The molecule has 0 aromatic heterocycles. The number of ether oxygens (including phenoxy) is 1. The molecule has 0 radical (unpaired) electrons. The highest BCUT2D eigenvalue weighted by Gasteiger charge is 2.25. The van der Waals surface area contributed by atoms with E-state index < -0.39 is 29.5 Å². The van der Waals surface area contributed by atoms with Gasteiger partial charge in [-0.25, -0.2) is 8.78 Å². The lowest BCUT2D eigenvalue weighted by Crippen LogP contribution is -2.49. The normalized spacial score (nSPS) is 11.8. The van der Waals surface area contributed by atoms with E-state index in [9.17, 15) is 18.4 Å². The van der Waals surface area contributed by atoms with Crippen LogP contribution in [0, 0.1) is 17.6 Å². The zero-order chi connectivity index (χ0) is 20.0. The molecule has 144 valence electrons. The fourth-order valence-electron chi connectivity index (χ4n) is 2.60. The molecule has 2 aromatic rings. The van der Waals surface area contributed by atoms with Crippen LogP contribution in [0.4, 0.5) is 8.78 Å². The Labute approximate surface area is 156 Å². The Balaban J connectivity index is 2.07. The number of hydrogen-bond acceptors (Lipinski definition) is 3. The maximum atomic E-state index is 13.2. The highest BCUT2D eigenvalue weighted by molar-refractivity contribution is 5.99. The average molecular weight is 376 g/mol. The lowest BCUT2D eigenvalue weighted by molar-refractivity contribution is -0.124. The second kappa shape index (κ2) is 9.12. The highest BCUT2D eigenvalue weighted by Crippen LogP contribution is 2.17. The Morgan fingerprint density at radius 1 is 1.07 bits per heavy atom. The zero-order valence-corrected chi connectivity index (χ0v) is 15.4. The van der Waals surface area contributed by atoms with Crippen LogP contribution >= 0.6 is 0 Å². The van der Waals surface area contributed by atoms with Gasteiger partial charge < -0.3 is 15.4 Å². The quantitative estimate of drug-likeness (QED) is 0.781. The van der Waals surface area contributed by atoms with E-state index in [2.05, 4.69) is 10.6 Å². The summed E-state index contributed by atoms with van der Waals surface area (Å²) >= 11 is 0. The van der Waals surface area contributed by atoms with Gasteiger partial charge in [-0.05, 0) is 35.7 Å². The van der Waals surface area contributed by atoms with E-state index in [1.807, 2.05) is 0 Å². The van der Waals surface area contributed by atoms with Crippen molar-refractivity contribution in [3.05, 3.63) is 65.2 Å². The smallest absolute Gasteiger partial charge is 0.255 e. The Kier molecular flexibility index (Phi) is 6.87. The molecular formula is C20H22F2N2O3. The number of methoxy groups -OCH3 is 1. The second-order valence-corrected chi connectivity index (χ2v) is 6.39. The Morgan fingerprint density at radius 2 is 1.70 bits per heavy atom. The minimum absolute atomic E-state index is 0.0543. The van der Waals surface area contributed by atoms with E-state index in [0.29, 0.717) is 16.9 Å². The minimum atomic E-state index is -0.819. The SMILES string of the molecule is COc1ccccc1C(=O)NC(C(=O)NCc1cc(F)cc(F)c1)C(C)C. The van der Waals surface area contributed by atoms with Gasteiger partial charge in [0.15, 0.2) is 0 Å². The molecule has 27 heavy (non-hydrogen) atoms. The van der Waals surface area contributed by atoms with Gasteiger partial charge in [-0.3, -0.25) is 9.59 Å². The topological polar surface area (TPSA) is 67.4 Å². The van der Waals surface area contributed by atoms with Crippen LogP contribution in [0.2, 0.25) is 0 Å². The molecule has 0 saturated heterocycles. The van der Waals surface area contributed by atoms with Gasteiger partial charge in [0.1, 0.15) is 23.4 Å². The summed E-state index contributed by atoms with van der Waals surface area (Å²) in [6.45, 7) is 3.52. The van der Waals surface area contributed by atoms with Crippen LogP contribution in [-0.2, 0) is 11.3 Å². The summed E-state index contributed by atoms with van der Waals surface area (Å²) in [4.78, 5) is 25.0. The molecule has 1 atom stereocenters. The molecule has 2 amide bonds. The Hall–Kier alpha value is -2.96. The van der Waals surface area contributed by atoms with Crippen molar-refractivity contribution in [3.63, 3.8) is 0 Å². The summed E-state index contributed by atoms with van der Waals surface area (Å²) in [6.07, 6.45) is 0. The maximum absolute atomic E-state index is 13.2. The highest BCUT2D eigenvalue weighted by atomic mass is 19.1. The lowest BCUT2D eigenvalue weighted by atomic mass is 10.0. The number of carbonyl (C=O) groups excluding carboxylic acids is 2. The molecule has 0 aliphatic carbocycles. The van der Waals surface area contributed by atoms with E-state index in [1.165, 1.54) is 7.11 Å². The number of rotatable bonds is 7. The number of carbonyl (C=O) groups is 2. The van der Waals surface area contributed by atoms with Crippen LogP contribution < -0.4 is 15.4 Å². The van der Waals surface area contributed by atoms with Crippen molar-refractivity contribution in [2.45, 2.75) is 26.4 Å². The molecule has 0 aliphatic heterocycles. The van der Waals surface area contributed by atoms with E-state index in [4.69, 9.17) is 4.74 Å². The number of benzene rings is 2. The molecule has 2 aromatic carbocycles. The maximum Gasteiger partial charge on any atom is 0.255 e. The first-order valence-electron chi connectivity index (χ1n) is 8.48. The molecule has 1 unspecified atom stereocenters. The van der Waals surface area contributed by atoms with Crippen molar-refractivity contribution in [2.75, 3.05) is 7.11 Å². The van der Waals surface area contributed by atoms with E-state index in [-0.39, 0.29) is 12.5 Å². The van der Waals surface area contributed by atoms with Crippen LogP contribution in [0.1, 0.15) is 29.8 Å². The third-order valence-electron chi connectivity index (χ3n) is 3.98. The number of amides is 2. The fraction of sp³-hybridized carbons (Fsp3) is 0.300. The number of para-hydroxylation sites is 1. The standard InChI is InChI=1S/C20H22F2N2O3/c1-12(2)18(24-19(25)16-6-4-5-7-17(16)27-3)20(26)23-11-13-8-14(21)10-15(22)9-13/h4-10,12,18H,11H2,1-3H3,(H,23,26)(H,24,25). The molecule has 0 spiro atoms. The van der Waals surface area contributed by atoms with Crippen LogP contribution in [0.25, 0.3) is 0 Å². The van der Waals surface area contributed by atoms with Crippen molar-refractivity contribution < 1.29 is 23.1 Å².